The highest BCUT2D eigenvalue weighted by molar-refractivity contribution is 5.98. The van der Waals surface area contributed by atoms with Gasteiger partial charge in [-0.05, 0) is 47.5 Å². The summed E-state index contributed by atoms with van der Waals surface area (Å²) < 4.78 is 0. The molecule has 0 aliphatic rings. The van der Waals surface area contributed by atoms with E-state index in [2.05, 4.69) is 20.5 Å². The molecule has 0 aliphatic heterocycles. The maximum atomic E-state index is 12.4. The molecule has 1 amide bonds. The smallest absolute Gasteiger partial charge is 0.271 e. The van der Waals surface area contributed by atoms with Gasteiger partial charge in [0.1, 0.15) is 5.82 Å². The molecule has 3 aromatic carbocycles. The number of benzene rings is 3. The third-order valence-electron chi connectivity index (χ3n) is 4.48. The minimum Gasteiger partial charge on any atom is -0.338 e. The molecule has 0 fully saturated rings. The average Bonchev–Trinajstić information content (AvgIpc) is 3.21. The van der Waals surface area contributed by atoms with Gasteiger partial charge in [-0.3, -0.25) is 14.9 Å². The van der Waals surface area contributed by atoms with E-state index < -0.39 is 4.92 Å². The number of hydrogen-bond donors (Lipinski definition) is 2. The quantitative estimate of drug-likeness (QED) is 0.278. The van der Waals surface area contributed by atoms with Crippen molar-refractivity contribution in [3.8, 4) is 0 Å². The van der Waals surface area contributed by atoms with Crippen LogP contribution in [0.25, 0.3) is 23.2 Å². The molecule has 1 aromatic heterocycles. The van der Waals surface area contributed by atoms with Crippen molar-refractivity contribution in [1.29, 1.82) is 0 Å². The number of nitro benzene ring substituents is 1. The molecule has 152 valence electrons. The Labute approximate surface area is 177 Å². The van der Waals surface area contributed by atoms with Gasteiger partial charge in [-0.15, -0.1) is 0 Å². The molecule has 0 aliphatic carbocycles. The lowest BCUT2D eigenvalue weighted by Gasteiger charge is -2.00. The van der Waals surface area contributed by atoms with Gasteiger partial charge in [0.25, 0.3) is 11.6 Å². The number of H-pyrrole nitrogens is 1. The Hall–Kier alpha value is -4.59. The molecule has 0 saturated heterocycles. The predicted octanol–water partition coefficient (Wildman–Crippen LogP) is 4.41. The predicted molar refractivity (Wildman–Crippen MR) is 120 cm³/mol. The summed E-state index contributed by atoms with van der Waals surface area (Å²) in [7, 11) is 0. The number of amides is 1. The summed E-state index contributed by atoms with van der Waals surface area (Å²) in [6, 6.07) is 20.9. The van der Waals surface area contributed by atoms with Gasteiger partial charge in [-0.1, -0.05) is 36.4 Å². The molecule has 4 rings (SSSR count). The number of nitro groups is 1. The van der Waals surface area contributed by atoms with Gasteiger partial charge in [-0.25, -0.2) is 10.4 Å². The molecule has 1 heterocycles. The number of imidazole rings is 1. The number of hydrazone groups is 1. The van der Waals surface area contributed by atoms with Crippen molar-refractivity contribution < 1.29 is 9.72 Å². The van der Waals surface area contributed by atoms with E-state index >= 15 is 0 Å². The Balaban J connectivity index is 1.43. The minimum absolute atomic E-state index is 0.00738. The topological polar surface area (TPSA) is 113 Å². The summed E-state index contributed by atoms with van der Waals surface area (Å²) in [4.78, 5) is 30.3. The molecule has 2 N–H and O–H groups in total. The summed E-state index contributed by atoms with van der Waals surface area (Å²) in [5, 5.41) is 14.6. The standard InChI is InChI=1S/C23H17N5O3/c29-23(27-24-15-17-6-10-19(11-7-17)28(30)31)18-9-12-20-21(14-18)26-22(25-20)13-8-16-4-2-1-3-5-16/h1-15H,(H,25,26)(H,27,29)/b13-8+,24-15+. The first-order chi connectivity index (χ1) is 15.1. The number of aromatic amines is 1. The van der Waals surface area contributed by atoms with Crippen LogP contribution >= 0.6 is 0 Å². The first kappa shape index (κ1) is 19.7. The van der Waals surface area contributed by atoms with Crippen LogP contribution < -0.4 is 5.43 Å². The number of non-ortho nitro benzene ring substituents is 1. The second kappa shape index (κ2) is 8.83. The van der Waals surface area contributed by atoms with Crippen molar-refractivity contribution in [2.24, 2.45) is 5.10 Å². The summed E-state index contributed by atoms with van der Waals surface area (Å²) in [5.74, 6) is 0.309. The summed E-state index contributed by atoms with van der Waals surface area (Å²) in [5.41, 5.74) is 6.05. The highest BCUT2D eigenvalue weighted by Gasteiger charge is 2.08. The van der Waals surface area contributed by atoms with Crippen LogP contribution in [0.3, 0.4) is 0 Å². The Morgan fingerprint density at radius 1 is 1.00 bits per heavy atom. The number of nitrogens with zero attached hydrogens (tertiary/aromatic N) is 3. The molecule has 0 atom stereocenters. The Morgan fingerprint density at radius 3 is 2.52 bits per heavy atom. The van der Waals surface area contributed by atoms with Crippen LogP contribution in [0, 0.1) is 10.1 Å². The number of carbonyl (C=O) groups is 1. The second-order valence-electron chi connectivity index (χ2n) is 6.65. The number of hydrogen-bond acceptors (Lipinski definition) is 5. The van der Waals surface area contributed by atoms with Gasteiger partial charge in [0, 0.05) is 17.7 Å². The van der Waals surface area contributed by atoms with E-state index in [0.717, 1.165) is 16.6 Å². The van der Waals surface area contributed by atoms with Crippen LogP contribution in [0.2, 0.25) is 0 Å². The van der Waals surface area contributed by atoms with E-state index in [4.69, 9.17) is 0 Å². The van der Waals surface area contributed by atoms with Crippen LogP contribution in [-0.4, -0.2) is 27.0 Å². The fourth-order valence-electron chi connectivity index (χ4n) is 2.90. The van der Waals surface area contributed by atoms with Crippen LogP contribution in [0.15, 0.2) is 77.9 Å². The third-order valence-corrected chi connectivity index (χ3v) is 4.48. The van der Waals surface area contributed by atoms with Gasteiger partial charge >= 0.3 is 0 Å². The van der Waals surface area contributed by atoms with E-state index in [9.17, 15) is 14.9 Å². The van der Waals surface area contributed by atoms with Crippen molar-refractivity contribution in [2.45, 2.75) is 0 Å². The van der Waals surface area contributed by atoms with Gasteiger partial charge in [0.2, 0.25) is 0 Å². The van der Waals surface area contributed by atoms with Gasteiger partial charge < -0.3 is 4.98 Å². The third kappa shape index (κ3) is 4.88. The summed E-state index contributed by atoms with van der Waals surface area (Å²) in [6.07, 6.45) is 5.25. The van der Waals surface area contributed by atoms with Crippen molar-refractivity contribution >= 4 is 41.0 Å². The van der Waals surface area contributed by atoms with Gasteiger partial charge in [0.15, 0.2) is 0 Å². The Morgan fingerprint density at radius 2 is 1.77 bits per heavy atom. The normalized spacial score (nSPS) is 11.4. The number of fused-ring (bicyclic) bond motifs is 1. The van der Waals surface area contributed by atoms with E-state index in [-0.39, 0.29) is 11.6 Å². The Bertz CT molecular complexity index is 1290. The molecule has 0 spiro atoms. The maximum absolute atomic E-state index is 12.4. The van der Waals surface area contributed by atoms with E-state index in [1.54, 1.807) is 30.3 Å². The highest BCUT2D eigenvalue weighted by atomic mass is 16.6. The second-order valence-corrected chi connectivity index (χ2v) is 6.65. The highest BCUT2D eigenvalue weighted by Crippen LogP contribution is 2.16. The number of aromatic nitrogens is 2. The molecular formula is C23H17N5O3. The van der Waals surface area contributed by atoms with E-state index in [1.807, 2.05) is 42.5 Å². The SMILES string of the molecule is O=C(N/N=C/c1ccc([N+](=O)[O-])cc1)c1ccc2nc(/C=C/c3ccccc3)[nH]c2c1. The summed E-state index contributed by atoms with van der Waals surface area (Å²) >= 11 is 0. The van der Waals surface area contributed by atoms with Crippen LogP contribution in [-0.2, 0) is 0 Å². The van der Waals surface area contributed by atoms with Gasteiger partial charge in [0.05, 0.1) is 22.2 Å². The van der Waals surface area contributed by atoms with Crippen molar-refractivity contribution in [3.63, 3.8) is 0 Å². The lowest BCUT2D eigenvalue weighted by atomic mass is 10.2. The van der Waals surface area contributed by atoms with Gasteiger partial charge in [-0.2, -0.15) is 5.10 Å². The molecule has 31 heavy (non-hydrogen) atoms. The fourth-order valence-corrected chi connectivity index (χ4v) is 2.90. The molecule has 0 saturated carbocycles. The minimum atomic E-state index is -0.475. The number of carbonyl (C=O) groups excluding carboxylic acids is 1. The van der Waals surface area contributed by atoms with Crippen LogP contribution in [0.4, 0.5) is 5.69 Å². The molecule has 4 aromatic rings. The molecule has 0 radical (unpaired) electrons. The molecule has 0 unspecified atom stereocenters. The maximum Gasteiger partial charge on any atom is 0.271 e. The number of rotatable bonds is 6. The van der Waals surface area contributed by atoms with Crippen LogP contribution in [0.1, 0.15) is 27.3 Å². The zero-order valence-electron chi connectivity index (χ0n) is 16.2. The fraction of sp³-hybridized carbons (Fsp3) is 0. The van der Waals surface area contributed by atoms with Crippen molar-refractivity contribution in [1.82, 2.24) is 15.4 Å². The van der Waals surface area contributed by atoms with Crippen LogP contribution in [0.5, 0.6) is 0 Å². The lowest BCUT2D eigenvalue weighted by Crippen LogP contribution is -2.17. The molecule has 0 bridgehead atoms. The first-order valence-corrected chi connectivity index (χ1v) is 9.39. The van der Waals surface area contributed by atoms with E-state index in [0.29, 0.717) is 17.0 Å². The zero-order chi connectivity index (χ0) is 21.6. The largest absolute Gasteiger partial charge is 0.338 e. The zero-order valence-corrected chi connectivity index (χ0v) is 16.2. The van der Waals surface area contributed by atoms with Crippen molar-refractivity contribution in [3.05, 3.63) is 105 Å². The molecular weight excluding hydrogens is 394 g/mol. The average molecular weight is 411 g/mol. The van der Waals surface area contributed by atoms with E-state index in [1.165, 1.54) is 18.3 Å². The monoisotopic (exact) mass is 411 g/mol. The Kier molecular flexibility index (Phi) is 5.62. The number of nitrogens with one attached hydrogen (secondary N) is 2. The first-order valence-electron chi connectivity index (χ1n) is 9.39. The molecule has 8 heteroatoms. The summed E-state index contributed by atoms with van der Waals surface area (Å²) in [6.45, 7) is 0. The lowest BCUT2D eigenvalue weighted by molar-refractivity contribution is -0.384. The van der Waals surface area contributed by atoms with Crippen molar-refractivity contribution in [2.75, 3.05) is 0 Å². The molecule has 8 nitrogen and oxygen atoms in total.